The number of benzene rings is 3. The molecule has 1 aromatic heterocycles. The fraction of sp³-hybridized carbons (Fsp3) is 0. The van der Waals surface area contributed by atoms with Crippen LogP contribution in [0.1, 0.15) is 26.5 Å². The van der Waals surface area contributed by atoms with E-state index in [4.69, 9.17) is 4.42 Å². The Bertz CT molecular complexity index is 1130. The summed E-state index contributed by atoms with van der Waals surface area (Å²) in [5, 5.41) is 3.53. The van der Waals surface area contributed by atoms with Crippen LogP contribution < -0.4 is 5.32 Å². The van der Waals surface area contributed by atoms with Gasteiger partial charge in [0.15, 0.2) is 5.76 Å². The molecule has 27 heavy (non-hydrogen) atoms. The Labute approximate surface area is 163 Å². The zero-order chi connectivity index (χ0) is 18.8. The van der Waals surface area contributed by atoms with Crippen LogP contribution in [0.5, 0.6) is 0 Å². The molecule has 1 amide bonds. The van der Waals surface area contributed by atoms with Crippen LogP contribution in [0.15, 0.2) is 87.8 Å². The van der Waals surface area contributed by atoms with Gasteiger partial charge in [0.05, 0.1) is 5.69 Å². The Kier molecular flexibility index (Phi) is 4.60. The van der Waals surface area contributed by atoms with Gasteiger partial charge in [-0.15, -0.1) is 0 Å². The van der Waals surface area contributed by atoms with Crippen LogP contribution >= 0.6 is 15.9 Å². The van der Waals surface area contributed by atoms with E-state index in [9.17, 15) is 9.59 Å². The van der Waals surface area contributed by atoms with Crippen LogP contribution in [0.2, 0.25) is 0 Å². The standard InChI is InChI=1S/C22H14BrNO3/c23-16-12-10-14(11-13-16)20(25)21-19(17-8-4-5-9-18(17)27-21)24-22(26)15-6-2-1-3-7-15/h1-13H,(H,24,26). The molecule has 132 valence electrons. The summed E-state index contributed by atoms with van der Waals surface area (Å²) in [6.45, 7) is 0. The van der Waals surface area contributed by atoms with Crippen LogP contribution in [0.3, 0.4) is 0 Å². The largest absolute Gasteiger partial charge is 0.450 e. The SMILES string of the molecule is O=C(Nc1c(C(=O)c2ccc(Br)cc2)oc2ccccc12)c1ccccc1. The number of furan rings is 1. The van der Waals surface area contributed by atoms with Gasteiger partial charge in [0.1, 0.15) is 5.58 Å². The topological polar surface area (TPSA) is 59.3 Å². The molecule has 4 aromatic rings. The Morgan fingerprint density at radius 3 is 2.19 bits per heavy atom. The first-order valence-electron chi connectivity index (χ1n) is 8.31. The molecule has 0 atom stereocenters. The second kappa shape index (κ2) is 7.21. The molecule has 0 unspecified atom stereocenters. The molecule has 4 nitrogen and oxygen atoms in total. The molecule has 0 radical (unpaired) electrons. The van der Waals surface area contributed by atoms with Gasteiger partial charge in [-0.05, 0) is 48.5 Å². The number of carbonyl (C=O) groups excluding carboxylic acids is 2. The molecular weight excluding hydrogens is 406 g/mol. The number of ketones is 1. The van der Waals surface area contributed by atoms with Crippen molar-refractivity contribution < 1.29 is 14.0 Å². The third-order valence-electron chi connectivity index (χ3n) is 4.18. The summed E-state index contributed by atoms with van der Waals surface area (Å²) >= 11 is 3.36. The van der Waals surface area contributed by atoms with Gasteiger partial charge < -0.3 is 9.73 Å². The third-order valence-corrected chi connectivity index (χ3v) is 4.71. The highest BCUT2D eigenvalue weighted by atomic mass is 79.9. The van der Waals surface area contributed by atoms with E-state index in [-0.39, 0.29) is 17.5 Å². The van der Waals surface area contributed by atoms with Crippen molar-refractivity contribution in [2.45, 2.75) is 0 Å². The Morgan fingerprint density at radius 1 is 0.778 bits per heavy atom. The zero-order valence-electron chi connectivity index (χ0n) is 14.1. The number of carbonyl (C=O) groups is 2. The van der Waals surface area contributed by atoms with Crippen LogP contribution in [0.25, 0.3) is 11.0 Å². The predicted molar refractivity (Wildman–Crippen MR) is 108 cm³/mol. The Balaban J connectivity index is 1.79. The number of fused-ring (bicyclic) bond motifs is 1. The van der Waals surface area contributed by atoms with Crippen LogP contribution in [0, 0.1) is 0 Å². The average molecular weight is 420 g/mol. The molecule has 0 saturated carbocycles. The van der Waals surface area contributed by atoms with E-state index >= 15 is 0 Å². The number of hydrogen-bond acceptors (Lipinski definition) is 3. The van der Waals surface area contributed by atoms with Crippen molar-refractivity contribution in [3.63, 3.8) is 0 Å². The maximum atomic E-state index is 13.0. The average Bonchev–Trinajstić information content (AvgIpc) is 3.07. The van der Waals surface area contributed by atoms with Gasteiger partial charge in [-0.3, -0.25) is 9.59 Å². The van der Waals surface area contributed by atoms with Crippen molar-refractivity contribution in [1.29, 1.82) is 0 Å². The fourth-order valence-corrected chi connectivity index (χ4v) is 3.10. The monoisotopic (exact) mass is 419 g/mol. The second-order valence-electron chi connectivity index (χ2n) is 5.96. The summed E-state index contributed by atoms with van der Waals surface area (Å²) in [5.41, 5.74) is 1.91. The summed E-state index contributed by atoms with van der Waals surface area (Å²) in [6.07, 6.45) is 0. The minimum Gasteiger partial charge on any atom is -0.450 e. The number of para-hydroxylation sites is 1. The first kappa shape index (κ1) is 17.2. The van der Waals surface area contributed by atoms with Crippen molar-refractivity contribution in [2.24, 2.45) is 0 Å². The van der Waals surface area contributed by atoms with E-state index in [2.05, 4.69) is 21.2 Å². The molecule has 1 N–H and O–H groups in total. The number of anilines is 1. The smallest absolute Gasteiger partial charge is 0.255 e. The van der Waals surface area contributed by atoms with Crippen molar-refractivity contribution >= 4 is 44.3 Å². The maximum absolute atomic E-state index is 13.0. The molecule has 0 saturated heterocycles. The van der Waals surface area contributed by atoms with Gasteiger partial charge in [0.25, 0.3) is 5.91 Å². The quantitative estimate of drug-likeness (QED) is 0.433. The summed E-state index contributed by atoms with van der Waals surface area (Å²) in [7, 11) is 0. The van der Waals surface area contributed by atoms with Gasteiger partial charge >= 0.3 is 0 Å². The molecule has 1 heterocycles. The number of amides is 1. The van der Waals surface area contributed by atoms with Gasteiger partial charge in [-0.25, -0.2) is 0 Å². The number of halogens is 1. The van der Waals surface area contributed by atoms with Crippen molar-refractivity contribution in [3.8, 4) is 0 Å². The lowest BCUT2D eigenvalue weighted by atomic mass is 10.1. The minimum atomic E-state index is -0.299. The van der Waals surface area contributed by atoms with Gasteiger partial charge in [0, 0.05) is 21.0 Å². The van der Waals surface area contributed by atoms with E-state index in [1.165, 1.54) is 0 Å². The summed E-state index contributed by atoms with van der Waals surface area (Å²) in [4.78, 5) is 25.6. The summed E-state index contributed by atoms with van der Waals surface area (Å²) in [5.74, 6) is -0.475. The fourth-order valence-electron chi connectivity index (χ4n) is 2.84. The molecule has 3 aromatic carbocycles. The maximum Gasteiger partial charge on any atom is 0.255 e. The molecule has 0 aliphatic heterocycles. The van der Waals surface area contributed by atoms with E-state index in [1.54, 1.807) is 54.6 Å². The highest BCUT2D eigenvalue weighted by Crippen LogP contribution is 2.33. The highest BCUT2D eigenvalue weighted by Gasteiger charge is 2.23. The predicted octanol–water partition coefficient (Wildman–Crippen LogP) is 5.68. The lowest BCUT2D eigenvalue weighted by Crippen LogP contribution is -2.14. The summed E-state index contributed by atoms with van der Waals surface area (Å²) in [6, 6.07) is 23.1. The van der Waals surface area contributed by atoms with E-state index < -0.39 is 0 Å². The second-order valence-corrected chi connectivity index (χ2v) is 6.87. The number of nitrogens with one attached hydrogen (secondary N) is 1. The zero-order valence-corrected chi connectivity index (χ0v) is 15.7. The van der Waals surface area contributed by atoms with Crippen LogP contribution in [-0.4, -0.2) is 11.7 Å². The van der Waals surface area contributed by atoms with Crippen molar-refractivity contribution in [2.75, 3.05) is 5.32 Å². The minimum absolute atomic E-state index is 0.114. The Morgan fingerprint density at radius 2 is 1.44 bits per heavy atom. The third kappa shape index (κ3) is 3.41. The molecule has 0 bridgehead atoms. The molecule has 5 heteroatoms. The van der Waals surface area contributed by atoms with Gasteiger partial charge in [-0.1, -0.05) is 46.3 Å². The number of rotatable bonds is 4. The Hall–Kier alpha value is -3.18. The molecular formula is C22H14BrNO3. The first-order valence-corrected chi connectivity index (χ1v) is 9.11. The van der Waals surface area contributed by atoms with Crippen molar-refractivity contribution in [3.05, 3.63) is 100 Å². The molecule has 0 spiro atoms. The van der Waals surface area contributed by atoms with Crippen molar-refractivity contribution in [1.82, 2.24) is 0 Å². The van der Waals surface area contributed by atoms with E-state index in [0.29, 0.717) is 27.8 Å². The molecule has 4 rings (SSSR count). The summed E-state index contributed by atoms with van der Waals surface area (Å²) < 4.78 is 6.68. The molecule has 0 aliphatic carbocycles. The van der Waals surface area contributed by atoms with Crippen LogP contribution in [0.4, 0.5) is 5.69 Å². The number of hydrogen-bond donors (Lipinski definition) is 1. The normalized spacial score (nSPS) is 10.7. The van der Waals surface area contributed by atoms with Crippen LogP contribution in [-0.2, 0) is 0 Å². The van der Waals surface area contributed by atoms with Gasteiger partial charge in [-0.2, -0.15) is 0 Å². The molecule has 0 aliphatic rings. The van der Waals surface area contributed by atoms with Gasteiger partial charge in [0.2, 0.25) is 5.78 Å². The highest BCUT2D eigenvalue weighted by molar-refractivity contribution is 9.10. The lowest BCUT2D eigenvalue weighted by Gasteiger charge is -2.06. The van der Waals surface area contributed by atoms with E-state index in [0.717, 1.165) is 4.47 Å². The molecule has 0 fully saturated rings. The lowest BCUT2D eigenvalue weighted by molar-refractivity contribution is 0.101. The van der Waals surface area contributed by atoms with E-state index in [1.807, 2.05) is 24.3 Å². The first-order chi connectivity index (χ1) is 13.1.